The number of hydrogen-bond acceptors (Lipinski definition) is 6. The largest absolute Gasteiger partial charge is 0.483 e. The number of aryl methyl sites for hydroxylation is 1. The number of rotatable bonds is 5. The molecule has 2 aromatic heterocycles. The Bertz CT molecular complexity index is 1420. The van der Waals surface area contributed by atoms with Gasteiger partial charge in [0.05, 0.1) is 36.7 Å². The maximum absolute atomic E-state index is 14.5. The van der Waals surface area contributed by atoms with E-state index in [0.717, 1.165) is 12.3 Å². The van der Waals surface area contributed by atoms with E-state index in [1.807, 2.05) is 0 Å². The number of hydrazone groups is 1. The van der Waals surface area contributed by atoms with E-state index in [9.17, 15) is 22.8 Å². The first-order valence-electron chi connectivity index (χ1n) is 11.8. The first kappa shape index (κ1) is 25.2. The molecule has 2 aliphatic rings. The van der Waals surface area contributed by atoms with Gasteiger partial charge in [-0.25, -0.2) is 23.0 Å². The van der Waals surface area contributed by atoms with Gasteiger partial charge in [-0.05, 0) is 23.8 Å². The van der Waals surface area contributed by atoms with Gasteiger partial charge >= 0.3 is 6.03 Å². The Labute approximate surface area is 215 Å². The van der Waals surface area contributed by atoms with E-state index < -0.39 is 35.6 Å². The zero-order chi connectivity index (χ0) is 27.1. The molecule has 2 aliphatic heterocycles. The van der Waals surface area contributed by atoms with Crippen LogP contribution in [0.15, 0.2) is 41.6 Å². The van der Waals surface area contributed by atoms with Crippen LogP contribution in [0.2, 0.25) is 0 Å². The molecule has 3 amide bonds. The van der Waals surface area contributed by atoms with Gasteiger partial charge in [0.1, 0.15) is 17.7 Å². The highest BCUT2D eigenvalue weighted by atomic mass is 19.1. The summed E-state index contributed by atoms with van der Waals surface area (Å²) >= 11 is 0. The van der Waals surface area contributed by atoms with Crippen molar-refractivity contribution in [3.05, 3.63) is 65.2 Å². The summed E-state index contributed by atoms with van der Waals surface area (Å²) in [6.45, 7) is 0.332. The van der Waals surface area contributed by atoms with Crippen molar-refractivity contribution in [3.8, 4) is 17.1 Å². The number of likely N-dealkylation sites (tertiary alicyclic amines) is 1. The summed E-state index contributed by atoms with van der Waals surface area (Å²) < 4.78 is 49.2. The number of benzene rings is 1. The Kier molecular flexibility index (Phi) is 6.51. The molecule has 0 N–H and O–H groups in total. The third kappa shape index (κ3) is 4.78. The molecule has 0 spiro atoms. The summed E-state index contributed by atoms with van der Waals surface area (Å²) in [7, 11) is 4.88. The highest BCUT2D eigenvalue weighted by Gasteiger charge is 2.39. The topological polar surface area (TPSA) is 96.2 Å². The van der Waals surface area contributed by atoms with Gasteiger partial charge in [0.25, 0.3) is 5.91 Å². The second-order valence-corrected chi connectivity index (χ2v) is 9.26. The summed E-state index contributed by atoms with van der Waals surface area (Å²) in [5, 5.41) is 9.47. The lowest BCUT2D eigenvalue weighted by Gasteiger charge is -2.41. The molecule has 1 aromatic carbocycles. The average Bonchev–Trinajstić information content (AvgIpc) is 3.48. The van der Waals surface area contributed by atoms with Gasteiger partial charge in [-0.15, -0.1) is 0 Å². The number of aromatic nitrogens is 3. The molecule has 1 atom stereocenters. The minimum absolute atomic E-state index is 0.0545. The van der Waals surface area contributed by atoms with Gasteiger partial charge in [-0.3, -0.25) is 14.5 Å². The predicted molar refractivity (Wildman–Crippen MR) is 130 cm³/mol. The molecule has 3 aromatic rings. The van der Waals surface area contributed by atoms with E-state index in [1.165, 1.54) is 43.9 Å². The second-order valence-electron chi connectivity index (χ2n) is 9.26. The van der Waals surface area contributed by atoms with Crippen LogP contribution in [0.25, 0.3) is 11.4 Å². The van der Waals surface area contributed by atoms with Gasteiger partial charge in [0, 0.05) is 45.9 Å². The number of amides is 3. The number of halogens is 3. The number of urea groups is 1. The van der Waals surface area contributed by atoms with E-state index in [1.54, 1.807) is 27.2 Å². The zero-order valence-corrected chi connectivity index (χ0v) is 20.8. The minimum atomic E-state index is -0.734. The number of ether oxygens (including phenoxy) is 1. The number of hydrogen-bond donors (Lipinski definition) is 0. The number of carbonyl (C=O) groups excluding carboxylic acids is 2. The van der Waals surface area contributed by atoms with Gasteiger partial charge in [-0.1, -0.05) is 0 Å². The van der Waals surface area contributed by atoms with E-state index in [4.69, 9.17) is 4.74 Å². The van der Waals surface area contributed by atoms with Crippen molar-refractivity contribution in [2.24, 2.45) is 12.1 Å². The van der Waals surface area contributed by atoms with E-state index in [0.29, 0.717) is 23.4 Å². The molecule has 0 radical (unpaired) electrons. The summed E-state index contributed by atoms with van der Waals surface area (Å²) in [4.78, 5) is 32.2. The Hall–Kier alpha value is -4.42. The van der Waals surface area contributed by atoms with Gasteiger partial charge < -0.3 is 14.5 Å². The molecule has 198 valence electrons. The quantitative estimate of drug-likeness (QED) is 0.508. The molecule has 1 saturated heterocycles. The molecule has 5 rings (SSSR count). The van der Waals surface area contributed by atoms with Crippen molar-refractivity contribution in [1.29, 1.82) is 0 Å². The summed E-state index contributed by atoms with van der Waals surface area (Å²) in [6.07, 6.45) is 2.37. The molecule has 0 aliphatic carbocycles. The van der Waals surface area contributed by atoms with E-state index in [2.05, 4.69) is 15.2 Å². The molecule has 1 fully saturated rings. The van der Waals surface area contributed by atoms with Crippen molar-refractivity contribution in [2.45, 2.75) is 18.6 Å². The Morgan fingerprint density at radius 1 is 1.05 bits per heavy atom. The van der Waals surface area contributed by atoms with Crippen LogP contribution in [0.1, 0.15) is 28.5 Å². The SMILES string of the molecule is CN(C)C(=O)c1cc(-c2cc(OC3CN(C(=O)N4N=CCC4c4cc(F)cc(F)c4)C3)c(F)cn2)n(C)n1. The molecular weight excluding hydrogens is 503 g/mol. The Balaban J connectivity index is 1.25. The molecule has 13 heteroatoms. The fourth-order valence-electron chi connectivity index (χ4n) is 4.33. The van der Waals surface area contributed by atoms with Crippen molar-refractivity contribution >= 4 is 18.2 Å². The first-order valence-corrected chi connectivity index (χ1v) is 11.8. The van der Waals surface area contributed by atoms with Crippen molar-refractivity contribution < 1.29 is 27.5 Å². The molecular formula is C25H24F3N7O3. The predicted octanol–water partition coefficient (Wildman–Crippen LogP) is 3.22. The smallest absolute Gasteiger partial charge is 0.341 e. The summed E-state index contributed by atoms with van der Waals surface area (Å²) in [5.74, 6) is -2.48. The van der Waals surface area contributed by atoms with Crippen LogP contribution in [0.5, 0.6) is 5.75 Å². The molecule has 1 unspecified atom stereocenters. The van der Waals surface area contributed by atoms with Crippen molar-refractivity contribution in [1.82, 2.24) is 29.6 Å². The summed E-state index contributed by atoms with van der Waals surface area (Å²) in [6, 6.07) is 5.02. The van der Waals surface area contributed by atoms with Crippen molar-refractivity contribution in [3.63, 3.8) is 0 Å². The Morgan fingerprint density at radius 2 is 1.76 bits per heavy atom. The maximum Gasteiger partial charge on any atom is 0.341 e. The normalized spacial score (nSPS) is 17.1. The van der Waals surface area contributed by atoms with Crippen LogP contribution < -0.4 is 4.74 Å². The maximum atomic E-state index is 14.5. The first-order chi connectivity index (χ1) is 18.1. The number of nitrogens with zero attached hydrogens (tertiary/aromatic N) is 7. The molecule has 0 bridgehead atoms. The monoisotopic (exact) mass is 527 g/mol. The van der Waals surface area contributed by atoms with Crippen molar-refractivity contribution in [2.75, 3.05) is 27.2 Å². The highest BCUT2D eigenvalue weighted by Crippen LogP contribution is 2.32. The molecule has 4 heterocycles. The van der Waals surface area contributed by atoms with E-state index in [-0.39, 0.29) is 30.4 Å². The average molecular weight is 528 g/mol. The molecule has 38 heavy (non-hydrogen) atoms. The fourth-order valence-corrected chi connectivity index (χ4v) is 4.33. The van der Waals surface area contributed by atoms with Gasteiger partial charge in [0.2, 0.25) is 0 Å². The lowest BCUT2D eigenvalue weighted by Crippen LogP contribution is -2.58. The number of pyridine rings is 1. The van der Waals surface area contributed by atoms with Gasteiger partial charge in [-0.2, -0.15) is 10.2 Å². The van der Waals surface area contributed by atoms with Crippen LogP contribution in [-0.4, -0.2) is 81.0 Å². The third-order valence-electron chi connectivity index (χ3n) is 6.30. The third-order valence-corrected chi connectivity index (χ3v) is 6.30. The molecule has 0 saturated carbocycles. The van der Waals surface area contributed by atoms with Crippen LogP contribution >= 0.6 is 0 Å². The zero-order valence-electron chi connectivity index (χ0n) is 20.8. The van der Waals surface area contributed by atoms with Crippen LogP contribution in [-0.2, 0) is 7.05 Å². The highest BCUT2D eigenvalue weighted by molar-refractivity contribution is 5.93. The summed E-state index contributed by atoms with van der Waals surface area (Å²) in [5.41, 5.74) is 1.38. The Morgan fingerprint density at radius 3 is 2.45 bits per heavy atom. The van der Waals surface area contributed by atoms with Crippen LogP contribution in [0.4, 0.5) is 18.0 Å². The van der Waals surface area contributed by atoms with Crippen LogP contribution in [0.3, 0.4) is 0 Å². The second kappa shape index (κ2) is 9.80. The van der Waals surface area contributed by atoms with Gasteiger partial charge in [0.15, 0.2) is 17.3 Å². The minimum Gasteiger partial charge on any atom is -0.483 e. The lowest BCUT2D eigenvalue weighted by atomic mass is 10.0. The number of carbonyl (C=O) groups is 2. The van der Waals surface area contributed by atoms with E-state index >= 15 is 0 Å². The standard InChI is InChI=1S/C25H24F3N7O3/c1-32(2)24(36)20-9-22(33(3)31-20)19-10-23(18(28)11-29-19)38-17-12-34(13-17)25(37)35-21(4-5-30-35)14-6-15(26)8-16(27)7-14/h5-11,17,21H,4,12-13H2,1-3H3. The molecule has 10 nitrogen and oxygen atoms in total. The lowest BCUT2D eigenvalue weighted by molar-refractivity contribution is 0.0256. The fraction of sp³-hybridized carbons (Fsp3) is 0.320. The van der Waals surface area contributed by atoms with Crippen LogP contribution in [0, 0.1) is 17.5 Å².